The van der Waals surface area contributed by atoms with E-state index in [1.54, 1.807) is 0 Å². The van der Waals surface area contributed by atoms with Crippen LogP contribution >= 0.6 is 0 Å². The summed E-state index contributed by atoms with van der Waals surface area (Å²) in [5.41, 5.74) is 0.145. The van der Waals surface area contributed by atoms with E-state index in [0.29, 0.717) is 25.6 Å². The monoisotopic (exact) mass is 242 g/mol. The Bertz CT molecular complexity index is 246. The van der Waals surface area contributed by atoms with Gasteiger partial charge in [-0.3, -0.25) is 4.79 Å². The second kappa shape index (κ2) is 6.36. The molecule has 1 atom stereocenters. The Hall–Kier alpha value is -0.610. The average Bonchev–Trinajstić information content (AvgIpc) is 2.25. The molecule has 1 unspecified atom stereocenters. The highest BCUT2D eigenvalue weighted by atomic mass is 16.5. The highest BCUT2D eigenvalue weighted by Crippen LogP contribution is 2.24. The smallest absolute Gasteiger partial charge is 0.250 e. The summed E-state index contributed by atoms with van der Waals surface area (Å²) in [5, 5.41) is 6.15. The molecule has 0 radical (unpaired) electrons. The Kier molecular flexibility index (Phi) is 5.40. The van der Waals surface area contributed by atoms with Crippen LogP contribution in [0.25, 0.3) is 0 Å². The maximum Gasteiger partial charge on any atom is 0.250 e. The summed E-state index contributed by atoms with van der Waals surface area (Å²) in [7, 11) is 0. The van der Waals surface area contributed by atoms with Crippen molar-refractivity contribution in [1.29, 1.82) is 0 Å². The van der Waals surface area contributed by atoms with E-state index in [1.807, 2.05) is 0 Å². The van der Waals surface area contributed by atoms with Gasteiger partial charge in [-0.25, -0.2) is 0 Å². The van der Waals surface area contributed by atoms with Gasteiger partial charge in [0, 0.05) is 19.6 Å². The fourth-order valence-corrected chi connectivity index (χ4v) is 2.35. The summed E-state index contributed by atoms with van der Waals surface area (Å²) in [6.45, 7) is 11.6. The molecule has 0 spiro atoms. The minimum absolute atomic E-state index is 0.00836. The van der Waals surface area contributed by atoms with Gasteiger partial charge in [-0.1, -0.05) is 27.7 Å². The molecule has 1 aliphatic rings. The zero-order valence-electron chi connectivity index (χ0n) is 11.5. The molecule has 0 aromatic rings. The largest absolute Gasteiger partial charge is 0.366 e. The van der Waals surface area contributed by atoms with Crippen molar-refractivity contribution in [2.24, 2.45) is 11.3 Å². The van der Waals surface area contributed by atoms with E-state index in [1.165, 1.54) is 0 Å². The van der Waals surface area contributed by atoms with Crippen molar-refractivity contribution < 1.29 is 9.53 Å². The molecule has 0 aromatic heterocycles. The van der Waals surface area contributed by atoms with Crippen LogP contribution < -0.4 is 10.6 Å². The summed E-state index contributed by atoms with van der Waals surface area (Å²) in [5.74, 6) is 0.656. The minimum atomic E-state index is -0.321. The number of hydrogen-bond acceptors (Lipinski definition) is 3. The standard InChI is InChI=1S/C13H26N2O2/c1-10(2)7-13(3,4)9-15-12(16)11-8-14-5-6-17-11/h10-11,14H,5-9H2,1-4H3,(H,15,16). The second-order valence-electron chi connectivity index (χ2n) is 6.04. The van der Waals surface area contributed by atoms with Crippen molar-refractivity contribution in [2.45, 2.75) is 40.2 Å². The van der Waals surface area contributed by atoms with Crippen molar-refractivity contribution in [1.82, 2.24) is 10.6 Å². The molecule has 4 heteroatoms. The molecule has 1 rings (SSSR count). The van der Waals surface area contributed by atoms with Gasteiger partial charge in [0.15, 0.2) is 0 Å². The van der Waals surface area contributed by atoms with E-state index in [0.717, 1.165) is 13.0 Å². The normalized spacial score (nSPS) is 21.6. The predicted molar refractivity (Wildman–Crippen MR) is 68.9 cm³/mol. The first kappa shape index (κ1) is 14.5. The number of hydrogen-bond donors (Lipinski definition) is 2. The highest BCUT2D eigenvalue weighted by Gasteiger charge is 2.25. The minimum Gasteiger partial charge on any atom is -0.366 e. The lowest BCUT2D eigenvalue weighted by Crippen LogP contribution is -2.49. The zero-order chi connectivity index (χ0) is 12.9. The first-order valence-electron chi connectivity index (χ1n) is 6.51. The Balaban J connectivity index is 2.31. The zero-order valence-corrected chi connectivity index (χ0v) is 11.5. The lowest BCUT2D eigenvalue weighted by molar-refractivity contribution is -0.134. The molecule has 0 aromatic carbocycles. The van der Waals surface area contributed by atoms with Gasteiger partial charge < -0.3 is 15.4 Å². The predicted octanol–water partition coefficient (Wildman–Crippen LogP) is 1.16. The van der Waals surface area contributed by atoms with Crippen LogP contribution in [-0.2, 0) is 9.53 Å². The highest BCUT2D eigenvalue weighted by molar-refractivity contribution is 5.81. The van der Waals surface area contributed by atoms with Crippen LogP contribution in [0.1, 0.15) is 34.1 Å². The van der Waals surface area contributed by atoms with Gasteiger partial charge in [0.25, 0.3) is 0 Å². The average molecular weight is 242 g/mol. The third-order valence-electron chi connectivity index (χ3n) is 2.92. The first-order valence-corrected chi connectivity index (χ1v) is 6.51. The van der Waals surface area contributed by atoms with Crippen LogP contribution in [0.3, 0.4) is 0 Å². The molecule has 1 aliphatic heterocycles. The summed E-state index contributed by atoms with van der Waals surface area (Å²) in [6, 6.07) is 0. The maximum atomic E-state index is 11.9. The molecular formula is C13H26N2O2. The van der Waals surface area contributed by atoms with E-state index in [-0.39, 0.29) is 17.4 Å². The number of morpholine rings is 1. The van der Waals surface area contributed by atoms with E-state index >= 15 is 0 Å². The van der Waals surface area contributed by atoms with E-state index < -0.39 is 0 Å². The van der Waals surface area contributed by atoms with Crippen LogP contribution in [0.15, 0.2) is 0 Å². The molecule has 4 nitrogen and oxygen atoms in total. The van der Waals surface area contributed by atoms with E-state index in [9.17, 15) is 4.79 Å². The molecular weight excluding hydrogens is 216 g/mol. The molecule has 2 N–H and O–H groups in total. The first-order chi connectivity index (χ1) is 7.91. The van der Waals surface area contributed by atoms with Gasteiger partial charge >= 0.3 is 0 Å². The van der Waals surface area contributed by atoms with Crippen LogP contribution in [-0.4, -0.2) is 38.3 Å². The quantitative estimate of drug-likeness (QED) is 0.761. The van der Waals surface area contributed by atoms with Gasteiger partial charge in [-0.15, -0.1) is 0 Å². The van der Waals surface area contributed by atoms with Crippen LogP contribution in [0.2, 0.25) is 0 Å². The van der Waals surface area contributed by atoms with Gasteiger partial charge in [0.05, 0.1) is 6.61 Å². The summed E-state index contributed by atoms with van der Waals surface area (Å²) >= 11 is 0. The Morgan fingerprint density at radius 3 is 2.76 bits per heavy atom. The molecule has 1 amide bonds. The van der Waals surface area contributed by atoms with Crippen LogP contribution in [0.4, 0.5) is 0 Å². The van der Waals surface area contributed by atoms with Crippen molar-refractivity contribution in [3.8, 4) is 0 Å². The van der Waals surface area contributed by atoms with Gasteiger partial charge in [0.2, 0.25) is 5.91 Å². The number of carbonyl (C=O) groups excluding carboxylic acids is 1. The number of nitrogens with one attached hydrogen (secondary N) is 2. The van der Waals surface area contributed by atoms with Crippen molar-refractivity contribution >= 4 is 5.91 Å². The molecule has 1 saturated heterocycles. The van der Waals surface area contributed by atoms with Crippen molar-refractivity contribution in [3.63, 3.8) is 0 Å². The Morgan fingerprint density at radius 2 is 2.24 bits per heavy atom. The number of carbonyl (C=O) groups is 1. The topological polar surface area (TPSA) is 50.4 Å². The van der Waals surface area contributed by atoms with Crippen molar-refractivity contribution in [2.75, 3.05) is 26.2 Å². The van der Waals surface area contributed by atoms with Crippen molar-refractivity contribution in [3.05, 3.63) is 0 Å². The fraction of sp³-hybridized carbons (Fsp3) is 0.923. The molecule has 0 saturated carbocycles. The third kappa shape index (κ3) is 5.50. The van der Waals surface area contributed by atoms with Crippen LogP contribution in [0, 0.1) is 11.3 Å². The number of amides is 1. The van der Waals surface area contributed by atoms with Gasteiger partial charge in [-0.2, -0.15) is 0 Å². The molecule has 100 valence electrons. The lowest BCUT2D eigenvalue weighted by Gasteiger charge is -2.29. The molecule has 1 fully saturated rings. The Labute approximate surface area is 104 Å². The van der Waals surface area contributed by atoms with Crippen LogP contribution in [0.5, 0.6) is 0 Å². The van der Waals surface area contributed by atoms with E-state index in [2.05, 4.69) is 38.3 Å². The molecule has 1 heterocycles. The summed E-state index contributed by atoms with van der Waals surface area (Å²) < 4.78 is 5.41. The summed E-state index contributed by atoms with van der Waals surface area (Å²) in [4.78, 5) is 11.9. The molecule has 0 bridgehead atoms. The summed E-state index contributed by atoms with van der Waals surface area (Å²) in [6.07, 6.45) is 0.787. The van der Waals surface area contributed by atoms with Gasteiger partial charge in [-0.05, 0) is 17.8 Å². The third-order valence-corrected chi connectivity index (χ3v) is 2.92. The Morgan fingerprint density at radius 1 is 1.53 bits per heavy atom. The lowest BCUT2D eigenvalue weighted by atomic mass is 9.84. The molecule has 17 heavy (non-hydrogen) atoms. The maximum absolute atomic E-state index is 11.9. The molecule has 0 aliphatic carbocycles. The van der Waals surface area contributed by atoms with E-state index in [4.69, 9.17) is 4.74 Å². The second-order valence-corrected chi connectivity index (χ2v) is 6.04. The number of ether oxygens (including phenoxy) is 1. The SMILES string of the molecule is CC(C)CC(C)(C)CNC(=O)C1CNCCO1. The number of rotatable bonds is 5. The van der Waals surface area contributed by atoms with Gasteiger partial charge in [0.1, 0.15) is 6.10 Å². The fourth-order valence-electron chi connectivity index (χ4n) is 2.35.